The molecule has 0 saturated carbocycles. The summed E-state index contributed by atoms with van der Waals surface area (Å²) in [5, 5.41) is 5.49. The smallest absolute Gasteiger partial charge is 0.289 e. The normalized spacial score (nSPS) is 16.6. The molecule has 140 valence electrons. The molecule has 1 atom stereocenters. The molecule has 1 fully saturated rings. The Morgan fingerprint density at radius 1 is 1.27 bits per heavy atom. The number of guanidine groups is 1. The van der Waals surface area contributed by atoms with Gasteiger partial charge in [0.15, 0.2) is 11.7 Å². The monoisotopic (exact) mass is 374 g/mol. The fraction of sp³-hybridized carbons (Fsp3) is 0.474. The number of nitrogens with one attached hydrogen (secondary N) is 1. The van der Waals surface area contributed by atoms with Crippen LogP contribution in [0.5, 0.6) is 0 Å². The van der Waals surface area contributed by atoms with Crippen molar-refractivity contribution in [2.45, 2.75) is 19.8 Å². The highest BCUT2D eigenvalue weighted by molar-refractivity contribution is 7.10. The molecule has 3 heterocycles. The summed E-state index contributed by atoms with van der Waals surface area (Å²) in [5.74, 6) is 1.71. The summed E-state index contributed by atoms with van der Waals surface area (Å²) in [6.45, 7) is 8.76. The minimum Gasteiger partial charge on any atom is -0.459 e. The highest BCUT2D eigenvalue weighted by Gasteiger charge is 2.25. The molecule has 3 rings (SSSR count). The summed E-state index contributed by atoms with van der Waals surface area (Å²) < 4.78 is 5.22. The van der Waals surface area contributed by atoms with Crippen LogP contribution in [0.4, 0.5) is 0 Å². The molecule has 0 bridgehead atoms. The molecule has 1 aliphatic heterocycles. The van der Waals surface area contributed by atoms with E-state index in [9.17, 15) is 4.79 Å². The van der Waals surface area contributed by atoms with Crippen molar-refractivity contribution in [2.24, 2.45) is 4.99 Å². The summed E-state index contributed by atoms with van der Waals surface area (Å²) >= 11 is 1.78. The lowest BCUT2D eigenvalue weighted by Crippen LogP contribution is -2.53. The van der Waals surface area contributed by atoms with Gasteiger partial charge in [0.25, 0.3) is 5.91 Å². The Morgan fingerprint density at radius 3 is 2.65 bits per heavy atom. The molecular weight excluding hydrogens is 348 g/mol. The summed E-state index contributed by atoms with van der Waals surface area (Å²) in [6, 6.07) is 7.71. The van der Waals surface area contributed by atoms with Crippen LogP contribution in [0.15, 0.2) is 45.3 Å². The average Bonchev–Trinajstić information content (AvgIpc) is 3.38. The topological polar surface area (TPSA) is 61.1 Å². The van der Waals surface area contributed by atoms with Crippen molar-refractivity contribution in [3.8, 4) is 0 Å². The van der Waals surface area contributed by atoms with Gasteiger partial charge in [0.1, 0.15) is 0 Å². The Bertz CT molecular complexity index is 704. The molecule has 0 aliphatic carbocycles. The van der Waals surface area contributed by atoms with Gasteiger partial charge in [-0.25, -0.2) is 0 Å². The zero-order valence-electron chi connectivity index (χ0n) is 15.4. The molecular formula is C19H26N4O2S. The number of carbonyl (C=O) groups is 1. The van der Waals surface area contributed by atoms with Gasteiger partial charge in [0.05, 0.1) is 12.8 Å². The highest BCUT2D eigenvalue weighted by Crippen LogP contribution is 2.21. The van der Waals surface area contributed by atoms with E-state index in [0.29, 0.717) is 24.8 Å². The molecule has 1 amide bonds. The van der Waals surface area contributed by atoms with E-state index in [-0.39, 0.29) is 5.91 Å². The third-order valence-corrected chi connectivity index (χ3v) is 5.58. The molecule has 1 unspecified atom stereocenters. The number of furan rings is 1. The van der Waals surface area contributed by atoms with Crippen LogP contribution in [0.2, 0.25) is 0 Å². The molecule has 7 heteroatoms. The molecule has 2 aromatic heterocycles. The highest BCUT2D eigenvalue weighted by atomic mass is 32.1. The maximum absolute atomic E-state index is 12.4. The number of rotatable bonds is 5. The Balaban J connectivity index is 1.57. The van der Waals surface area contributed by atoms with Crippen LogP contribution in [0.25, 0.3) is 0 Å². The van der Waals surface area contributed by atoms with Gasteiger partial charge in [0, 0.05) is 43.5 Å². The van der Waals surface area contributed by atoms with Gasteiger partial charge in [0.2, 0.25) is 0 Å². The number of thiophene rings is 1. The molecule has 1 aliphatic rings. The summed E-state index contributed by atoms with van der Waals surface area (Å²) in [7, 11) is 0. The van der Waals surface area contributed by atoms with Crippen LogP contribution >= 0.6 is 11.3 Å². The van der Waals surface area contributed by atoms with Crippen LogP contribution in [0.1, 0.15) is 35.2 Å². The van der Waals surface area contributed by atoms with Crippen molar-refractivity contribution in [1.29, 1.82) is 0 Å². The van der Waals surface area contributed by atoms with Gasteiger partial charge in [-0.05, 0) is 30.5 Å². The van der Waals surface area contributed by atoms with Crippen LogP contribution in [-0.2, 0) is 0 Å². The first kappa shape index (κ1) is 18.5. The number of aliphatic imine (C=N–C) groups is 1. The van der Waals surface area contributed by atoms with E-state index in [1.54, 1.807) is 23.5 Å². The van der Waals surface area contributed by atoms with Crippen molar-refractivity contribution in [3.05, 3.63) is 46.5 Å². The van der Waals surface area contributed by atoms with Crippen molar-refractivity contribution in [1.82, 2.24) is 15.1 Å². The van der Waals surface area contributed by atoms with E-state index < -0.39 is 0 Å². The minimum atomic E-state index is -0.0390. The van der Waals surface area contributed by atoms with E-state index in [0.717, 1.165) is 32.1 Å². The van der Waals surface area contributed by atoms with Crippen molar-refractivity contribution >= 4 is 23.2 Å². The number of hydrogen-bond donors (Lipinski definition) is 1. The molecule has 2 aromatic rings. The summed E-state index contributed by atoms with van der Waals surface area (Å²) in [4.78, 5) is 22.6. The Kier molecular flexibility index (Phi) is 6.33. The molecule has 0 spiro atoms. The molecule has 0 aromatic carbocycles. The second kappa shape index (κ2) is 8.89. The van der Waals surface area contributed by atoms with Gasteiger partial charge < -0.3 is 19.5 Å². The van der Waals surface area contributed by atoms with Crippen molar-refractivity contribution in [3.63, 3.8) is 0 Å². The lowest BCUT2D eigenvalue weighted by molar-refractivity contribution is 0.0657. The minimum absolute atomic E-state index is 0.0390. The van der Waals surface area contributed by atoms with Gasteiger partial charge in [-0.1, -0.05) is 13.0 Å². The molecule has 1 saturated heterocycles. The Labute approximate surface area is 158 Å². The zero-order valence-corrected chi connectivity index (χ0v) is 16.2. The number of carbonyl (C=O) groups excluding carboxylic acids is 1. The van der Waals surface area contributed by atoms with E-state index in [1.165, 1.54) is 11.1 Å². The number of piperazine rings is 1. The van der Waals surface area contributed by atoms with E-state index in [2.05, 4.69) is 41.6 Å². The lowest BCUT2D eigenvalue weighted by atomic mass is 10.1. The number of nitrogens with zero attached hydrogens (tertiary/aromatic N) is 3. The first-order valence-corrected chi connectivity index (χ1v) is 9.96. The second-order valence-corrected chi connectivity index (χ2v) is 7.35. The fourth-order valence-electron chi connectivity index (χ4n) is 2.99. The van der Waals surface area contributed by atoms with Gasteiger partial charge >= 0.3 is 0 Å². The zero-order chi connectivity index (χ0) is 18.4. The quantitative estimate of drug-likeness (QED) is 0.646. The Morgan fingerprint density at radius 2 is 2.04 bits per heavy atom. The summed E-state index contributed by atoms with van der Waals surface area (Å²) in [6.07, 6.45) is 1.54. The van der Waals surface area contributed by atoms with E-state index >= 15 is 0 Å². The Hall–Kier alpha value is -2.28. The van der Waals surface area contributed by atoms with Crippen LogP contribution < -0.4 is 5.32 Å². The molecule has 26 heavy (non-hydrogen) atoms. The molecule has 1 N–H and O–H groups in total. The van der Waals surface area contributed by atoms with E-state index in [1.807, 2.05) is 4.90 Å². The SMILES string of the molecule is CCNC(=NCC(C)c1cccs1)N1CCN(C(=O)c2ccco2)CC1. The average molecular weight is 375 g/mol. The third kappa shape index (κ3) is 4.46. The van der Waals surface area contributed by atoms with Gasteiger partial charge in [-0.3, -0.25) is 9.79 Å². The number of hydrogen-bond acceptors (Lipinski definition) is 4. The molecule has 6 nitrogen and oxygen atoms in total. The maximum Gasteiger partial charge on any atom is 0.289 e. The molecule has 0 radical (unpaired) electrons. The van der Waals surface area contributed by atoms with Crippen LogP contribution in [0, 0.1) is 0 Å². The standard InChI is InChI=1S/C19H26N4O2S/c1-3-20-19(21-14-15(2)17-7-5-13-26-17)23-10-8-22(9-11-23)18(24)16-6-4-12-25-16/h4-7,12-13,15H,3,8-11,14H2,1-2H3,(H,20,21). The van der Waals surface area contributed by atoms with E-state index in [4.69, 9.17) is 9.41 Å². The van der Waals surface area contributed by atoms with Crippen molar-refractivity contribution in [2.75, 3.05) is 39.3 Å². The summed E-state index contributed by atoms with van der Waals surface area (Å²) in [5.41, 5.74) is 0. The van der Waals surface area contributed by atoms with Crippen LogP contribution in [-0.4, -0.2) is 60.9 Å². The first-order chi connectivity index (χ1) is 12.7. The van der Waals surface area contributed by atoms with Gasteiger partial charge in [-0.2, -0.15) is 0 Å². The predicted octanol–water partition coefficient (Wildman–Crippen LogP) is 2.87. The predicted molar refractivity (Wildman–Crippen MR) is 105 cm³/mol. The van der Waals surface area contributed by atoms with Crippen molar-refractivity contribution < 1.29 is 9.21 Å². The van der Waals surface area contributed by atoms with Gasteiger partial charge in [-0.15, -0.1) is 11.3 Å². The first-order valence-electron chi connectivity index (χ1n) is 9.08. The van der Waals surface area contributed by atoms with Crippen LogP contribution in [0.3, 0.4) is 0 Å². The number of amides is 1. The maximum atomic E-state index is 12.4. The second-order valence-electron chi connectivity index (χ2n) is 6.37. The largest absolute Gasteiger partial charge is 0.459 e. The fourth-order valence-corrected chi connectivity index (χ4v) is 3.77. The third-order valence-electron chi connectivity index (χ3n) is 4.48. The lowest BCUT2D eigenvalue weighted by Gasteiger charge is -2.36.